The molecule has 0 aliphatic heterocycles. The fraction of sp³-hybridized carbons (Fsp3) is 0.812. The number of halogens is 1. The van der Waals surface area contributed by atoms with E-state index in [0.29, 0.717) is 5.78 Å². The highest BCUT2D eigenvalue weighted by atomic mass is 19.1. The third-order valence-corrected chi connectivity index (χ3v) is 4.87. The number of hydrogen-bond acceptors (Lipinski definition) is 1. The van der Waals surface area contributed by atoms with Crippen molar-refractivity contribution in [3.05, 3.63) is 12.2 Å². The highest BCUT2D eigenvalue weighted by Gasteiger charge is 2.29. The highest BCUT2D eigenvalue weighted by molar-refractivity contribution is 5.79. The molecule has 0 radical (unpaired) electrons. The summed E-state index contributed by atoms with van der Waals surface area (Å²) in [6.45, 7) is -0.328. The second-order valence-corrected chi connectivity index (χ2v) is 6.02. The molecule has 0 amide bonds. The Morgan fingerprint density at radius 1 is 0.944 bits per heavy atom. The van der Waals surface area contributed by atoms with Crippen LogP contribution in [0.15, 0.2) is 12.2 Å². The smallest absolute Gasteiger partial charge is 0.132 e. The Balaban J connectivity index is 1.69. The van der Waals surface area contributed by atoms with E-state index in [9.17, 15) is 9.18 Å². The van der Waals surface area contributed by atoms with Gasteiger partial charge in [0.2, 0.25) is 0 Å². The first kappa shape index (κ1) is 13.8. The zero-order valence-electron chi connectivity index (χ0n) is 11.2. The van der Waals surface area contributed by atoms with Crippen molar-refractivity contribution in [2.24, 2.45) is 17.8 Å². The van der Waals surface area contributed by atoms with Crippen LogP contribution in [0, 0.1) is 17.8 Å². The Labute approximate surface area is 110 Å². The van der Waals surface area contributed by atoms with Gasteiger partial charge in [0.25, 0.3) is 0 Å². The molecular formula is C16H25FO. The van der Waals surface area contributed by atoms with Crippen LogP contribution in [0.3, 0.4) is 0 Å². The van der Waals surface area contributed by atoms with Gasteiger partial charge in [-0.25, -0.2) is 4.39 Å². The molecule has 0 spiro atoms. The Morgan fingerprint density at radius 3 is 2.17 bits per heavy atom. The zero-order valence-corrected chi connectivity index (χ0v) is 11.2. The summed E-state index contributed by atoms with van der Waals surface area (Å²) in [6, 6.07) is 0. The summed E-state index contributed by atoms with van der Waals surface area (Å²) in [7, 11) is 0. The van der Waals surface area contributed by atoms with Crippen molar-refractivity contribution >= 4 is 5.78 Å². The monoisotopic (exact) mass is 252 g/mol. The van der Waals surface area contributed by atoms with Crippen LogP contribution in [0.5, 0.6) is 0 Å². The number of hydrogen-bond donors (Lipinski definition) is 0. The van der Waals surface area contributed by atoms with E-state index in [2.05, 4.69) is 0 Å². The fourth-order valence-electron chi connectivity index (χ4n) is 3.68. The van der Waals surface area contributed by atoms with Crippen LogP contribution in [0.1, 0.15) is 57.8 Å². The summed E-state index contributed by atoms with van der Waals surface area (Å²) < 4.78 is 12.0. The largest absolute Gasteiger partial charge is 0.300 e. The molecule has 2 rings (SSSR count). The summed E-state index contributed by atoms with van der Waals surface area (Å²) >= 11 is 0. The molecule has 2 aliphatic carbocycles. The third-order valence-electron chi connectivity index (χ3n) is 4.87. The van der Waals surface area contributed by atoms with Crippen molar-refractivity contribution in [3.8, 4) is 0 Å². The van der Waals surface area contributed by atoms with E-state index < -0.39 is 0 Å². The lowest BCUT2D eigenvalue weighted by Crippen LogP contribution is -2.25. The van der Waals surface area contributed by atoms with E-state index in [1.165, 1.54) is 25.7 Å². The molecule has 2 fully saturated rings. The van der Waals surface area contributed by atoms with Gasteiger partial charge in [0.15, 0.2) is 0 Å². The molecule has 2 heteroatoms. The van der Waals surface area contributed by atoms with E-state index in [0.717, 1.165) is 49.9 Å². The van der Waals surface area contributed by atoms with Crippen LogP contribution in [-0.2, 0) is 4.79 Å². The zero-order chi connectivity index (χ0) is 12.8. The molecule has 0 bridgehead atoms. The minimum atomic E-state index is -0.328. The van der Waals surface area contributed by atoms with E-state index in [1.54, 1.807) is 6.08 Å². The van der Waals surface area contributed by atoms with Crippen molar-refractivity contribution in [3.63, 3.8) is 0 Å². The fourth-order valence-corrected chi connectivity index (χ4v) is 3.68. The molecule has 2 saturated carbocycles. The molecule has 0 unspecified atom stereocenters. The van der Waals surface area contributed by atoms with Gasteiger partial charge < -0.3 is 0 Å². The van der Waals surface area contributed by atoms with Gasteiger partial charge in [0.05, 0.1) is 0 Å². The van der Waals surface area contributed by atoms with E-state index in [4.69, 9.17) is 0 Å². The number of allylic oxidation sites excluding steroid dienone is 2. The lowest BCUT2D eigenvalue weighted by atomic mass is 9.70. The first-order valence-corrected chi connectivity index (χ1v) is 7.52. The summed E-state index contributed by atoms with van der Waals surface area (Å²) in [5, 5.41) is 0. The Bertz CT molecular complexity index is 279. The number of ketones is 1. The number of Topliss-reactive ketones (excluding diaryl/α,β-unsaturated/α-hetero) is 1. The second kappa shape index (κ2) is 7.06. The van der Waals surface area contributed by atoms with Crippen molar-refractivity contribution in [2.45, 2.75) is 57.8 Å². The summed E-state index contributed by atoms with van der Waals surface area (Å²) in [5.41, 5.74) is 0. The van der Waals surface area contributed by atoms with E-state index in [1.807, 2.05) is 6.08 Å². The maximum Gasteiger partial charge on any atom is 0.132 e. The van der Waals surface area contributed by atoms with E-state index in [-0.39, 0.29) is 6.67 Å². The molecule has 0 atom stereocenters. The normalized spacial score (nSPS) is 31.1. The van der Waals surface area contributed by atoms with Gasteiger partial charge in [-0.2, -0.15) is 0 Å². The van der Waals surface area contributed by atoms with Gasteiger partial charge in [-0.1, -0.05) is 12.2 Å². The van der Waals surface area contributed by atoms with Crippen LogP contribution in [0.2, 0.25) is 0 Å². The summed E-state index contributed by atoms with van der Waals surface area (Å²) in [6.07, 6.45) is 13.9. The van der Waals surface area contributed by atoms with Crippen LogP contribution in [0.25, 0.3) is 0 Å². The Kier molecular flexibility index (Phi) is 5.40. The van der Waals surface area contributed by atoms with Gasteiger partial charge in [-0.05, 0) is 62.7 Å². The molecule has 2 aliphatic rings. The molecule has 18 heavy (non-hydrogen) atoms. The van der Waals surface area contributed by atoms with Crippen LogP contribution in [-0.4, -0.2) is 12.5 Å². The van der Waals surface area contributed by atoms with Gasteiger partial charge in [0.1, 0.15) is 12.5 Å². The van der Waals surface area contributed by atoms with Crippen LogP contribution in [0.4, 0.5) is 4.39 Å². The maximum absolute atomic E-state index is 12.0. The summed E-state index contributed by atoms with van der Waals surface area (Å²) in [4.78, 5) is 11.3. The maximum atomic E-state index is 12.0. The first-order valence-electron chi connectivity index (χ1n) is 7.52. The molecule has 0 aromatic rings. The number of alkyl halides is 1. The molecule has 0 N–H and O–H groups in total. The SMILES string of the molecule is O=C1CCC(C2CCC(CC=CCF)CC2)CC1. The molecule has 0 saturated heterocycles. The van der Waals surface area contributed by atoms with Crippen LogP contribution >= 0.6 is 0 Å². The number of rotatable bonds is 4. The molecular weight excluding hydrogens is 227 g/mol. The van der Waals surface area contributed by atoms with Crippen molar-refractivity contribution in [1.29, 1.82) is 0 Å². The molecule has 0 aromatic heterocycles. The predicted octanol–water partition coefficient (Wildman–Crippen LogP) is 4.47. The second-order valence-electron chi connectivity index (χ2n) is 6.02. The molecule has 102 valence electrons. The van der Waals surface area contributed by atoms with Gasteiger partial charge >= 0.3 is 0 Å². The Morgan fingerprint density at radius 2 is 1.56 bits per heavy atom. The van der Waals surface area contributed by atoms with Gasteiger partial charge in [-0.3, -0.25) is 4.79 Å². The minimum Gasteiger partial charge on any atom is -0.300 e. The van der Waals surface area contributed by atoms with Crippen LogP contribution < -0.4 is 0 Å². The average molecular weight is 252 g/mol. The molecule has 0 heterocycles. The van der Waals surface area contributed by atoms with Gasteiger partial charge in [0, 0.05) is 12.8 Å². The topological polar surface area (TPSA) is 17.1 Å². The number of carbonyl (C=O) groups is 1. The van der Waals surface area contributed by atoms with Gasteiger partial charge in [-0.15, -0.1) is 0 Å². The quantitative estimate of drug-likeness (QED) is 0.675. The third kappa shape index (κ3) is 3.93. The number of carbonyl (C=O) groups excluding carboxylic acids is 1. The average Bonchev–Trinajstić information content (AvgIpc) is 2.41. The lowest BCUT2D eigenvalue weighted by Gasteiger charge is -2.35. The molecule has 1 nitrogen and oxygen atoms in total. The predicted molar refractivity (Wildman–Crippen MR) is 72.1 cm³/mol. The van der Waals surface area contributed by atoms with E-state index >= 15 is 0 Å². The van der Waals surface area contributed by atoms with Crippen molar-refractivity contribution in [2.75, 3.05) is 6.67 Å². The molecule has 0 aromatic carbocycles. The highest BCUT2D eigenvalue weighted by Crippen LogP contribution is 2.40. The standard InChI is InChI=1S/C16H25FO/c17-12-2-1-3-13-4-6-14(7-5-13)15-8-10-16(18)11-9-15/h1-2,13-15H,3-12H2. The van der Waals surface area contributed by atoms with Crippen molar-refractivity contribution in [1.82, 2.24) is 0 Å². The minimum absolute atomic E-state index is 0.328. The first-order chi connectivity index (χ1) is 8.79. The lowest BCUT2D eigenvalue weighted by molar-refractivity contribution is -0.121. The van der Waals surface area contributed by atoms with Crippen molar-refractivity contribution < 1.29 is 9.18 Å². The summed E-state index contributed by atoms with van der Waals surface area (Å²) in [5.74, 6) is 2.91. The Hall–Kier alpha value is -0.660.